The highest BCUT2D eigenvalue weighted by Gasteiger charge is 2.53. The van der Waals surface area contributed by atoms with Gasteiger partial charge in [-0.15, -0.1) is 11.8 Å². The van der Waals surface area contributed by atoms with Crippen LogP contribution >= 0.6 is 27.7 Å². The fraction of sp³-hybridized carbons (Fsp3) is 0.400. The van der Waals surface area contributed by atoms with Crippen LogP contribution in [-0.4, -0.2) is 48.7 Å². The zero-order valence-corrected chi connectivity index (χ0v) is 21.0. The van der Waals surface area contributed by atoms with Crippen molar-refractivity contribution in [3.8, 4) is 0 Å². The van der Waals surface area contributed by atoms with E-state index in [9.17, 15) is 23.9 Å². The highest BCUT2D eigenvalue weighted by molar-refractivity contribution is 9.10. The van der Waals surface area contributed by atoms with Crippen LogP contribution in [0.1, 0.15) is 27.7 Å². The Morgan fingerprint density at radius 1 is 1.44 bits per heavy atom. The highest BCUT2D eigenvalue weighted by atomic mass is 79.9. The summed E-state index contributed by atoms with van der Waals surface area (Å²) in [4.78, 5) is 37.5. The van der Waals surface area contributed by atoms with E-state index in [4.69, 9.17) is 4.74 Å². The van der Waals surface area contributed by atoms with Gasteiger partial charge in [-0.25, -0.2) is 9.00 Å². The van der Waals surface area contributed by atoms with Gasteiger partial charge in [-0.05, 0) is 55.3 Å². The number of rotatable bonds is 6. The summed E-state index contributed by atoms with van der Waals surface area (Å²) in [5.41, 5.74) is 0.286. The number of nitrogens with one attached hydrogen (secondary N) is 1. The number of hydrogen-bond acceptors (Lipinski definition) is 8. The summed E-state index contributed by atoms with van der Waals surface area (Å²) < 4.78 is 18.3. The van der Waals surface area contributed by atoms with Crippen LogP contribution in [0.15, 0.2) is 50.4 Å². The van der Waals surface area contributed by atoms with E-state index in [2.05, 4.69) is 21.2 Å². The smallest absolute Gasteiger partial charge is 0.355 e. The fourth-order valence-corrected chi connectivity index (χ4v) is 6.10. The molecule has 1 saturated heterocycles. The number of carbonyl (C=O) groups is 2. The molecule has 2 heterocycles. The third-order valence-electron chi connectivity index (χ3n) is 4.56. The van der Waals surface area contributed by atoms with Gasteiger partial charge in [-0.2, -0.15) is 0 Å². The summed E-state index contributed by atoms with van der Waals surface area (Å²) in [6.07, 6.45) is 1.43. The van der Waals surface area contributed by atoms with Crippen molar-refractivity contribution in [3.63, 3.8) is 0 Å². The van der Waals surface area contributed by atoms with Gasteiger partial charge >= 0.3 is 5.97 Å². The molecular weight excluding hydrogens is 522 g/mol. The molecule has 1 aromatic carbocycles. The SMILES string of the molecule is CC1=C(C(=O)OC(C)(C)C)N2C(=O)[C@@H](NC=CS(=O)c3ccc([N+](=O)[O-])cc3Br)[C@@H]2SC1. The first-order valence-electron chi connectivity index (χ1n) is 9.55. The molecule has 0 radical (unpaired) electrons. The van der Waals surface area contributed by atoms with E-state index in [1.165, 1.54) is 46.5 Å². The molecule has 1 aromatic rings. The van der Waals surface area contributed by atoms with Crippen LogP contribution in [-0.2, 0) is 25.1 Å². The number of ether oxygens (including phenoxy) is 1. The molecule has 9 nitrogen and oxygen atoms in total. The first kappa shape index (κ1) is 24.5. The van der Waals surface area contributed by atoms with E-state index in [0.29, 0.717) is 15.1 Å². The minimum Gasteiger partial charge on any atom is -0.455 e. The number of carbonyl (C=O) groups excluding carboxylic acids is 2. The number of amides is 1. The van der Waals surface area contributed by atoms with E-state index < -0.39 is 33.3 Å². The standard InChI is InChI=1S/C20H22BrN3O6S2/c1-11-10-31-18-15(17(25)23(18)16(11)19(26)30-20(2,3)4)22-7-8-32(29)14-6-5-12(24(27)28)9-13(14)21/h5-9,15,18,22H,10H2,1-4H3/t15-,18+,32?/m1/s1. The Morgan fingerprint density at radius 2 is 2.12 bits per heavy atom. The Hall–Kier alpha value is -2.18. The van der Waals surface area contributed by atoms with Gasteiger partial charge in [0.15, 0.2) is 0 Å². The van der Waals surface area contributed by atoms with Gasteiger partial charge in [0.05, 0.1) is 20.6 Å². The summed E-state index contributed by atoms with van der Waals surface area (Å²) in [5, 5.41) is 14.9. The average Bonchev–Trinajstić information content (AvgIpc) is 2.69. The number of hydrogen-bond donors (Lipinski definition) is 1. The van der Waals surface area contributed by atoms with Crippen LogP contribution in [0.4, 0.5) is 5.69 Å². The second-order valence-electron chi connectivity index (χ2n) is 8.16. The maximum Gasteiger partial charge on any atom is 0.355 e. The van der Waals surface area contributed by atoms with Crippen molar-refractivity contribution in [1.82, 2.24) is 10.2 Å². The van der Waals surface area contributed by atoms with Gasteiger partial charge in [-0.3, -0.25) is 19.8 Å². The van der Waals surface area contributed by atoms with Gasteiger partial charge < -0.3 is 10.1 Å². The number of nitrogens with zero attached hydrogens (tertiary/aromatic N) is 2. The number of nitro groups is 1. The second-order valence-corrected chi connectivity index (χ2v) is 11.4. The van der Waals surface area contributed by atoms with Crippen molar-refractivity contribution in [1.29, 1.82) is 0 Å². The lowest BCUT2D eigenvalue weighted by Gasteiger charge is -2.49. The lowest BCUT2D eigenvalue weighted by Crippen LogP contribution is -2.69. The van der Waals surface area contributed by atoms with Crippen LogP contribution in [0.5, 0.6) is 0 Å². The number of fused-ring (bicyclic) bond motifs is 1. The number of thioether (sulfide) groups is 1. The number of non-ortho nitro benzene ring substituents is 1. The molecule has 12 heteroatoms. The molecule has 3 rings (SSSR count). The van der Waals surface area contributed by atoms with Gasteiger partial charge in [0, 0.05) is 34.0 Å². The molecule has 0 aliphatic carbocycles. The van der Waals surface area contributed by atoms with Crippen molar-refractivity contribution in [3.05, 3.63) is 55.7 Å². The normalized spacial score (nSPS) is 21.8. The number of nitro benzene ring substituents is 1. The van der Waals surface area contributed by atoms with Crippen molar-refractivity contribution in [2.45, 2.75) is 49.6 Å². The molecule has 32 heavy (non-hydrogen) atoms. The molecule has 2 aliphatic rings. The Bertz CT molecular complexity index is 1070. The molecular formula is C20H22BrN3O6S2. The van der Waals surface area contributed by atoms with Crippen molar-refractivity contribution >= 4 is 56.1 Å². The number of halogens is 1. The average molecular weight is 544 g/mol. The number of esters is 1. The molecule has 2 aliphatic heterocycles. The predicted molar refractivity (Wildman–Crippen MR) is 125 cm³/mol. The molecule has 0 saturated carbocycles. The van der Waals surface area contributed by atoms with Crippen LogP contribution in [0.25, 0.3) is 0 Å². The molecule has 0 bridgehead atoms. The summed E-state index contributed by atoms with van der Waals surface area (Å²) in [7, 11) is -1.59. The maximum atomic E-state index is 12.8. The third-order valence-corrected chi connectivity index (χ3v) is 8.08. The largest absolute Gasteiger partial charge is 0.455 e. The molecule has 1 N–H and O–H groups in total. The van der Waals surface area contributed by atoms with E-state index in [1.54, 1.807) is 20.8 Å². The van der Waals surface area contributed by atoms with E-state index in [1.807, 2.05) is 6.92 Å². The summed E-state index contributed by atoms with van der Waals surface area (Å²) >= 11 is 4.73. The Labute approximate surface area is 200 Å². The zero-order valence-electron chi connectivity index (χ0n) is 17.8. The lowest BCUT2D eigenvalue weighted by molar-refractivity contribution is -0.385. The van der Waals surface area contributed by atoms with Crippen LogP contribution < -0.4 is 5.32 Å². The lowest BCUT2D eigenvalue weighted by atomic mass is 10.0. The monoisotopic (exact) mass is 543 g/mol. The molecule has 0 aromatic heterocycles. The Morgan fingerprint density at radius 3 is 2.72 bits per heavy atom. The van der Waals surface area contributed by atoms with Crippen molar-refractivity contribution in [2.75, 3.05) is 5.75 Å². The van der Waals surface area contributed by atoms with Crippen LogP contribution in [0.2, 0.25) is 0 Å². The quantitative estimate of drug-likeness (QED) is 0.251. The molecule has 3 atom stereocenters. The van der Waals surface area contributed by atoms with Gasteiger partial charge in [0.2, 0.25) is 0 Å². The van der Waals surface area contributed by atoms with E-state index in [0.717, 1.165) is 5.57 Å². The Kier molecular flexibility index (Phi) is 7.15. The minimum atomic E-state index is -1.59. The zero-order chi connectivity index (χ0) is 23.8. The van der Waals surface area contributed by atoms with Crippen molar-refractivity contribution < 1.29 is 23.5 Å². The molecule has 1 unspecified atom stereocenters. The predicted octanol–water partition coefficient (Wildman–Crippen LogP) is 3.43. The maximum absolute atomic E-state index is 12.8. The first-order valence-corrected chi connectivity index (χ1v) is 12.6. The minimum absolute atomic E-state index is 0.113. The van der Waals surface area contributed by atoms with Gasteiger partial charge in [-0.1, -0.05) is 0 Å². The molecule has 0 spiro atoms. The third kappa shape index (κ3) is 5.07. The molecule has 1 amide bonds. The topological polar surface area (TPSA) is 119 Å². The van der Waals surface area contributed by atoms with E-state index >= 15 is 0 Å². The second kappa shape index (κ2) is 9.36. The highest BCUT2D eigenvalue weighted by Crippen LogP contribution is 2.40. The van der Waals surface area contributed by atoms with Crippen molar-refractivity contribution in [2.24, 2.45) is 0 Å². The molecule has 172 valence electrons. The summed E-state index contributed by atoms with van der Waals surface area (Å²) in [5.74, 6) is -0.201. The van der Waals surface area contributed by atoms with Gasteiger partial charge in [0.25, 0.3) is 11.6 Å². The summed E-state index contributed by atoms with van der Waals surface area (Å²) in [6.45, 7) is 7.12. The number of benzene rings is 1. The fourth-order valence-electron chi connectivity index (χ4n) is 3.15. The summed E-state index contributed by atoms with van der Waals surface area (Å²) in [6, 6.07) is 3.40. The first-order chi connectivity index (χ1) is 14.9. The Balaban J connectivity index is 1.67. The van der Waals surface area contributed by atoms with E-state index in [-0.39, 0.29) is 22.7 Å². The molecule has 1 fully saturated rings. The van der Waals surface area contributed by atoms with Crippen LogP contribution in [0, 0.1) is 10.1 Å². The van der Waals surface area contributed by atoms with Crippen LogP contribution in [0.3, 0.4) is 0 Å². The van der Waals surface area contributed by atoms with Gasteiger partial charge in [0.1, 0.15) is 22.7 Å². The number of β-lactam (4-membered cyclic amide) rings is 1.